The second-order valence-corrected chi connectivity index (χ2v) is 10.6. The van der Waals surface area contributed by atoms with E-state index in [0.29, 0.717) is 0 Å². The van der Waals surface area contributed by atoms with Gasteiger partial charge in [-0.05, 0) is 27.2 Å². The van der Waals surface area contributed by atoms with E-state index in [-0.39, 0.29) is 20.1 Å². The second-order valence-electron chi connectivity index (χ2n) is 6.43. The van der Waals surface area contributed by atoms with E-state index < -0.39 is 71.8 Å². The molecule has 0 amide bonds. The monoisotopic (exact) mass is 558 g/mol. The molecule has 200 valence electrons. The Kier molecular flexibility index (Phi) is 10.2. The zero-order chi connectivity index (χ0) is 26.9. The number of halogens is 13. The van der Waals surface area contributed by atoms with Crippen LogP contribution < -0.4 is 0 Å². The fourth-order valence-electron chi connectivity index (χ4n) is 2.32. The van der Waals surface area contributed by atoms with Crippen LogP contribution in [0.5, 0.6) is 0 Å². The van der Waals surface area contributed by atoms with E-state index in [1.54, 1.807) is 0 Å². The molecule has 2 atom stereocenters. The van der Waals surface area contributed by atoms with Gasteiger partial charge >= 0.3 is 43.4 Å². The van der Waals surface area contributed by atoms with Crippen molar-refractivity contribution in [3.63, 3.8) is 0 Å². The third-order valence-corrected chi connectivity index (χ3v) is 8.95. The normalized spacial score (nSPS) is 17.2. The van der Waals surface area contributed by atoms with Gasteiger partial charge in [-0.25, -0.2) is 0 Å². The van der Waals surface area contributed by atoms with Crippen molar-refractivity contribution in [1.29, 1.82) is 0 Å². The lowest BCUT2D eigenvalue weighted by molar-refractivity contribution is -0.439. The molecule has 0 N–H and O–H groups in total. The number of rotatable bonds is 13. The van der Waals surface area contributed by atoms with Crippen molar-refractivity contribution in [3.05, 3.63) is 0 Å². The van der Waals surface area contributed by atoms with Crippen LogP contribution in [0.25, 0.3) is 0 Å². The van der Waals surface area contributed by atoms with Gasteiger partial charge in [0.2, 0.25) is 0 Å². The molecule has 0 spiro atoms. The minimum atomic E-state index is -7.97. The summed E-state index contributed by atoms with van der Waals surface area (Å²) in [5.74, 6) is -37.3. The number of hydrogen-bond donors (Lipinski definition) is 0. The van der Waals surface area contributed by atoms with E-state index in [0.717, 1.165) is 6.92 Å². The Hall–Kier alpha value is -0.410. The maximum Gasteiger partial charge on any atom is 0.460 e. The van der Waals surface area contributed by atoms with Gasteiger partial charge in [0.05, 0.1) is 18.5 Å². The lowest BCUT2D eigenvalue weighted by Crippen LogP contribution is -2.71. The molecule has 0 bridgehead atoms. The maximum absolute atomic E-state index is 14.3. The SMILES string of the molecule is CCOP(=O)(OCC)C(CC)SC(C)C(F)(F)C(F)(F)C(F)(F)C(F)(F)C(F)(F)C(F)(F)F. The van der Waals surface area contributed by atoms with Crippen LogP contribution in [0.15, 0.2) is 0 Å². The van der Waals surface area contributed by atoms with Gasteiger partial charge < -0.3 is 9.05 Å². The highest BCUT2D eigenvalue weighted by Gasteiger charge is 2.91. The first-order chi connectivity index (χ1) is 14.5. The molecule has 0 aliphatic rings. The Morgan fingerprint density at radius 1 is 0.697 bits per heavy atom. The summed E-state index contributed by atoms with van der Waals surface area (Å²) in [6.45, 7) is 3.12. The molecule has 0 aromatic heterocycles. The van der Waals surface area contributed by atoms with Gasteiger partial charge in [-0.3, -0.25) is 4.57 Å². The van der Waals surface area contributed by atoms with Gasteiger partial charge in [0.15, 0.2) is 0 Å². The summed E-state index contributed by atoms with van der Waals surface area (Å²) in [5.41, 5.74) is 0. The van der Waals surface area contributed by atoms with Gasteiger partial charge in [0.25, 0.3) is 0 Å². The van der Waals surface area contributed by atoms with E-state index in [1.807, 2.05) is 0 Å². The van der Waals surface area contributed by atoms with Crippen LogP contribution >= 0.6 is 19.4 Å². The van der Waals surface area contributed by atoms with Crippen molar-refractivity contribution in [1.82, 2.24) is 0 Å². The van der Waals surface area contributed by atoms with Crippen molar-refractivity contribution in [2.24, 2.45) is 0 Å². The molecule has 0 saturated heterocycles. The van der Waals surface area contributed by atoms with Gasteiger partial charge in [-0.1, -0.05) is 6.92 Å². The number of thioether (sulfide) groups is 1. The summed E-state index contributed by atoms with van der Waals surface area (Å²) in [7, 11) is -4.35. The minimum absolute atomic E-state index is 0.0829. The highest BCUT2D eigenvalue weighted by molar-refractivity contribution is 8.06. The van der Waals surface area contributed by atoms with E-state index in [9.17, 15) is 61.6 Å². The molecule has 0 saturated carbocycles. The zero-order valence-corrected chi connectivity index (χ0v) is 19.0. The Labute approximate surface area is 184 Å². The molecule has 0 aliphatic carbocycles. The summed E-state index contributed by atoms with van der Waals surface area (Å²) in [4.78, 5) is -1.74. The first-order valence-corrected chi connectivity index (χ1v) is 11.5. The molecule has 0 rings (SSSR count). The minimum Gasteiger partial charge on any atom is -0.308 e. The third kappa shape index (κ3) is 5.55. The van der Waals surface area contributed by atoms with E-state index >= 15 is 0 Å². The standard InChI is InChI=1S/C15H20F13O3PS/c1-5-9(32(29,30-6-2)31-7-3)33-8(4)10(16,17)11(18,19)12(20,21)13(22,23)14(24,25)15(26,27)28/h8-9H,5-7H2,1-4H3. The molecule has 2 unspecified atom stereocenters. The quantitative estimate of drug-likeness (QED) is 0.170. The van der Waals surface area contributed by atoms with E-state index in [4.69, 9.17) is 9.05 Å². The molecular weight excluding hydrogens is 538 g/mol. The Balaban J connectivity index is 6.32. The molecule has 0 radical (unpaired) electrons. The smallest absolute Gasteiger partial charge is 0.308 e. The molecule has 0 aromatic carbocycles. The fourth-order valence-corrected chi connectivity index (χ4v) is 6.38. The summed E-state index contributed by atoms with van der Waals surface area (Å²) < 4.78 is 195. The van der Waals surface area contributed by atoms with Crippen molar-refractivity contribution >= 4 is 19.4 Å². The maximum atomic E-state index is 14.3. The number of hydrogen-bond acceptors (Lipinski definition) is 4. The highest BCUT2D eigenvalue weighted by atomic mass is 32.2. The van der Waals surface area contributed by atoms with Crippen molar-refractivity contribution in [2.75, 3.05) is 13.2 Å². The molecule has 0 heterocycles. The molecule has 0 fully saturated rings. The van der Waals surface area contributed by atoms with Gasteiger partial charge in [0.1, 0.15) is 4.99 Å². The number of alkyl halides is 13. The van der Waals surface area contributed by atoms with E-state index in [2.05, 4.69) is 0 Å². The fraction of sp³-hybridized carbons (Fsp3) is 1.00. The predicted octanol–water partition coefficient (Wildman–Crippen LogP) is 7.85. The average molecular weight is 558 g/mol. The summed E-state index contributed by atoms with van der Waals surface area (Å²) in [6, 6.07) is 0. The van der Waals surface area contributed by atoms with Crippen LogP contribution in [-0.2, 0) is 13.6 Å². The summed E-state index contributed by atoms with van der Waals surface area (Å²) >= 11 is -0.426. The average Bonchev–Trinajstić information content (AvgIpc) is 2.64. The van der Waals surface area contributed by atoms with Crippen LogP contribution in [0.4, 0.5) is 57.1 Å². The third-order valence-electron chi connectivity index (χ3n) is 4.15. The van der Waals surface area contributed by atoms with Crippen LogP contribution in [-0.4, -0.2) is 59.2 Å². The molecule has 0 aromatic rings. The Morgan fingerprint density at radius 2 is 1.06 bits per heavy atom. The van der Waals surface area contributed by atoms with E-state index in [1.165, 1.54) is 13.8 Å². The molecule has 33 heavy (non-hydrogen) atoms. The first-order valence-electron chi connectivity index (χ1n) is 8.96. The van der Waals surface area contributed by atoms with Gasteiger partial charge in [-0.15, -0.1) is 11.8 Å². The second kappa shape index (κ2) is 10.3. The highest BCUT2D eigenvalue weighted by Crippen LogP contribution is 2.64. The van der Waals surface area contributed by atoms with Crippen molar-refractivity contribution in [2.45, 2.75) is 80.1 Å². The van der Waals surface area contributed by atoms with Crippen molar-refractivity contribution < 1.29 is 70.7 Å². The molecule has 0 aliphatic heterocycles. The predicted molar refractivity (Wildman–Crippen MR) is 92.8 cm³/mol. The van der Waals surface area contributed by atoms with Crippen LogP contribution in [0.1, 0.15) is 34.1 Å². The van der Waals surface area contributed by atoms with Crippen LogP contribution in [0.3, 0.4) is 0 Å². The summed E-state index contributed by atoms with van der Waals surface area (Å²) in [5, 5.41) is -3.16. The van der Waals surface area contributed by atoms with Crippen LogP contribution in [0, 0.1) is 0 Å². The summed E-state index contributed by atoms with van der Waals surface area (Å²) in [6.07, 6.45) is -7.90. The lowest BCUT2D eigenvalue weighted by atomic mass is 9.93. The zero-order valence-electron chi connectivity index (χ0n) is 17.3. The Bertz CT molecular complexity index is 689. The lowest BCUT2D eigenvalue weighted by Gasteiger charge is -2.41. The molecule has 18 heteroatoms. The van der Waals surface area contributed by atoms with Crippen LogP contribution in [0.2, 0.25) is 0 Å². The molecular formula is C15H20F13O3PS. The first kappa shape index (κ1) is 32.6. The Morgan fingerprint density at radius 3 is 1.36 bits per heavy atom. The van der Waals surface area contributed by atoms with Gasteiger partial charge in [-0.2, -0.15) is 57.1 Å². The van der Waals surface area contributed by atoms with Crippen molar-refractivity contribution in [3.8, 4) is 0 Å². The molecule has 3 nitrogen and oxygen atoms in total. The van der Waals surface area contributed by atoms with Gasteiger partial charge in [0, 0.05) is 0 Å². The largest absolute Gasteiger partial charge is 0.460 e. The topological polar surface area (TPSA) is 35.5 Å².